The summed E-state index contributed by atoms with van der Waals surface area (Å²) in [5.74, 6) is -0.346. The fourth-order valence-electron chi connectivity index (χ4n) is 2.05. The molecular weight excluding hydrogens is 301 g/mol. The topological polar surface area (TPSA) is 66.6 Å². The summed E-state index contributed by atoms with van der Waals surface area (Å²) in [5.41, 5.74) is 6.23. The van der Waals surface area contributed by atoms with Crippen LogP contribution in [-0.4, -0.2) is 48.3 Å². The van der Waals surface area contributed by atoms with Gasteiger partial charge in [0, 0.05) is 25.7 Å². The van der Waals surface area contributed by atoms with Crippen molar-refractivity contribution in [3.05, 3.63) is 27.7 Å². The largest absolute Gasteiger partial charge is 0.396 e. The van der Waals surface area contributed by atoms with Gasteiger partial charge in [-0.25, -0.2) is 0 Å². The third-order valence-corrected chi connectivity index (χ3v) is 3.91. The predicted molar refractivity (Wildman–Crippen MR) is 79.0 cm³/mol. The number of hydrogen-bond acceptors (Lipinski definition) is 3. The van der Waals surface area contributed by atoms with Gasteiger partial charge < -0.3 is 15.5 Å². The van der Waals surface area contributed by atoms with E-state index >= 15 is 0 Å². The minimum Gasteiger partial charge on any atom is -0.396 e. The molecule has 0 aromatic heterocycles. The van der Waals surface area contributed by atoms with E-state index in [4.69, 9.17) is 28.9 Å². The number of likely N-dealkylation sites (N-methyl/N-ethyl adjacent to an activating group) is 1. The molecule has 1 heterocycles. The smallest absolute Gasteiger partial charge is 0.254 e. The van der Waals surface area contributed by atoms with Gasteiger partial charge in [-0.15, -0.1) is 0 Å². The van der Waals surface area contributed by atoms with Crippen LogP contribution in [0.3, 0.4) is 0 Å². The van der Waals surface area contributed by atoms with Crippen molar-refractivity contribution in [2.75, 3.05) is 32.4 Å². The number of nitrogens with zero attached hydrogens (tertiary/aromatic N) is 2. The highest BCUT2D eigenvalue weighted by Crippen LogP contribution is 2.29. The number of amides is 2. The van der Waals surface area contributed by atoms with Gasteiger partial charge in [-0.05, 0) is 18.6 Å². The lowest BCUT2D eigenvalue weighted by molar-refractivity contribution is -0.129. The Kier molecular flexibility index (Phi) is 4.40. The van der Waals surface area contributed by atoms with Crippen LogP contribution in [-0.2, 0) is 4.79 Å². The Morgan fingerprint density at radius 3 is 2.45 bits per heavy atom. The van der Waals surface area contributed by atoms with Crippen LogP contribution in [0.2, 0.25) is 10.0 Å². The minimum atomic E-state index is -0.266. The SMILES string of the molecule is CN1CCCN(C(=O)c2cc(Cl)c(N)c(Cl)c2)CC1=O. The van der Waals surface area contributed by atoms with E-state index < -0.39 is 0 Å². The molecule has 0 radical (unpaired) electrons. The average molecular weight is 316 g/mol. The number of halogens is 2. The van der Waals surface area contributed by atoms with Crippen LogP contribution in [0.4, 0.5) is 5.69 Å². The molecule has 1 aromatic carbocycles. The number of rotatable bonds is 1. The van der Waals surface area contributed by atoms with E-state index in [1.807, 2.05) is 0 Å². The van der Waals surface area contributed by atoms with Crippen molar-refractivity contribution < 1.29 is 9.59 Å². The van der Waals surface area contributed by atoms with Crippen molar-refractivity contribution in [3.8, 4) is 0 Å². The summed E-state index contributed by atoms with van der Waals surface area (Å²) < 4.78 is 0. The summed E-state index contributed by atoms with van der Waals surface area (Å²) in [6, 6.07) is 2.95. The summed E-state index contributed by atoms with van der Waals surface area (Å²) in [4.78, 5) is 27.4. The van der Waals surface area contributed by atoms with Crippen molar-refractivity contribution >= 4 is 40.7 Å². The van der Waals surface area contributed by atoms with Crippen LogP contribution < -0.4 is 5.73 Å². The highest BCUT2D eigenvalue weighted by atomic mass is 35.5. The first-order valence-corrected chi connectivity index (χ1v) is 6.93. The Bertz CT molecular complexity index is 540. The van der Waals surface area contributed by atoms with Gasteiger partial charge in [-0.2, -0.15) is 0 Å². The molecule has 0 bridgehead atoms. The first kappa shape index (κ1) is 14.9. The van der Waals surface area contributed by atoms with Crippen LogP contribution in [0.25, 0.3) is 0 Å². The Hall–Kier alpha value is -1.46. The maximum Gasteiger partial charge on any atom is 0.254 e. The molecule has 2 amide bonds. The number of anilines is 1. The van der Waals surface area contributed by atoms with Crippen molar-refractivity contribution in [1.82, 2.24) is 9.80 Å². The second-order valence-corrected chi connectivity index (χ2v) is 5.56. The Morgan fingerprint density at radius 2 is 1.85 bits per heavy atom. The number of nitrogen functional groups attached to an aromatic ring is 1. The zero-order chi connectivity index (χ0) is 14.9. The van der Waals surface area contributed by atoms with Gasteiger partial charge in [0.1, 0.15) is 6.54 Å². The fourth-order valence-corrected chi connectivity index (χ4v) is 2.54. The van der Waals surface area contributed by atoms with Crippen LogP contribution in [0, 0.1) is 0 Å². The van der Waals surface area contributed by atoms with Crippen LogP contribution in [0.15, 0.2) is 12.1 Å². The highest BCUT2D eigenvalue weighted by Gasteiger charge is 2.24. The molecule has 1 saturated heterocycles. The standard InChI is InChI=1S/C13H15Cl2N3O2/c1-17-3-2-4-18(7-11(17)19)13(20)8-5-9(14)12(16)10(15)6-8/h5-6H,2-4,7,16H2,1H3. The fraction of sp³-hybridized carbons (Fsp3) is 0.385. The molecule has 1 aliphatic rings. The van der Waals surface area contributed by atoms with Crippen molar-refractivity contribution in [2.24, 2.45) is 0 Å². The van der Waals surface area contributed by atoms with Gasteiger partial charge in [0.2, 0.25) is 5.91 Å². The quantitative estimate of drug-likeness (QED) is 0.805. The monoisotopic (exact) mass is 315 g/mol. The third kappa shape index (κ3) is 2.99. The van der Waals surface area contributed by atoms with E-state index in [0.29, 0.717) is 18.7 Å². The summed E-state index contributed by atoms with van der Waals surface area (Å²) >= 11 is 11.9. The summed E-state index contributed by atoms with van der Waals surface area (Å²) in [5, 5.41) is 0.471. The van der Waals surface area contributed by atoms with E-state index in [-0.39, 0.29) is 34.1 Å². The lowest BCUT2D eigenvalue weighted by Crippen LogP contribution is -2.38. The zero-order valence-electron chi connectivity index (χ0n) is 11.0. The maximum absolute atomic E-state index is 12.4. The normalized spacial score (nSPS) is 16.2. The predicted octanol–water partition coefficient (Wildman–Crippen LogP) is 1.88. The number of hydrogen-bond donors (Lipinski definition) is 1. The van der Waals surface area contributed by atoms with Crippen molar-refractivity contribution in [1.29, 1.82) is 0 Å². The first-order chi connectivity index (χ1) is 9.40. The van der Waals surface area contributed by atoms with Crippen LogP contribution in [0.5, 0.6) is 0 Å². The van der Waals surface area contributed by atoms with Gasteiger partial charge in [0.15, 0.2) is 0 Å². The molecule has 20 heavy (non-hydrogen) atoms. The molecule has 1 aromatic rings. The number of carbonyl (C=O) groups is 2. The second-order valence-electron chi connectivity index (χ2n) is 4.75. The van der Waals surface area contributed by atoms with E-state index in [1.54, 1.807) is 11.9 Å². The molecule has 1 aliphatic heterocycles. The summed E-state index contributed by atoms with van der Waals surface area (Å²) in [6.45, 7) is 1.23. The number of carbonyl (C=O) groups excluding carboxylic acids is 2. The number of nitrogens with two attached hydrogens (primary N) is 1. The summed E-state index contributed by atoms with van der Waals surface area (Å²) in [6.07, 6.45) is 0.740. The lowest BCUT2D eigenvalue weighted by Gasteiger charge is -2.20. The van der Waals surface area contributed by atoms with Gasteiger partial charge >= 0.3 is 0 Å². The first-order valence-electron chi connectivity index (χ1n) is 6.18. The van der Waals surface area contributed by atoms with Crippen molar-refractivity contribution in [3.63, 3.8) is 0 Å². The summed E-state index contributed by atoms with van der Waals surface area (Å²) in [7, 11) is 1.73. The van der Waals surface area contributed by atoms with E-state index in [0.717, 1.165) is 6.42 Å². The molecule has 0 spiro atoms. The molecule has 2 rings (SSSR count). The van der Waals surface area contributed by atoms with E-state index in [1.165, 1.54) is 17.0 Å². The molecule has 108 valence electrons. The Balaban J connectivity index is 2.25. The molecule has 0 atom stereocenters. The molecular formula is C13H15Cl2N3O2. The molecule has 0 aliphatic carbocycles. The van der Waals surface area contributed by atoms with E-state index in [2.05, 4.69) is 0 Å². The molecule has 2 N–H and O–H groups in total. The highest BCUT2D eigenvalue weighted by molar-refractivity contribution is 6.39. The van der Waals surface area contributed by atoms with E-state index in [9.17, 15) is 9.59 Å². The molecule has 1 fully saturated rings. The average Bonchev–Trinajstić information content (AvgIpc) is 2.57. The Morgan fingerprint density at radius 1 is 1.25 bits per heavy atom. The van der Waals surface area contributed by atoms with Gasteiger partial charge in [-0.3, -0.25) is 9.59 Å². The molecule has 0 saturated carbocycles. The van der Waals surface area contributed by atoms with Crippen LogP contribution >= 0.6 is 23.2 Å². The number of benzene rings is 1. The Labute approximate surface area is 127 Å². The lowest BCUT2D eigenvalue weighted by atomic mass is 10.1. The second kappa shape index (κ2) is 5.89. The third-order valence-electron chi connectivity index (χ3n) is 3.29. The minimum absolute atomic E-state index is 0.0644. The van der Waals surface area contributed by atoms with Gasteiger partial charge in [-0.1, -0.05) is 23.2 Å². The van der Waals surface area contributed by atoms with Gasteiger partial charge in [0.25, 0.3) is 5.91 Å². The molecule has 7 heteroatoms. The van der Waals surface area contributed by atoms with Crippen molar-refractivity contribution in [2.45, 2.75) is 6.42 Å². The molecule has 5 nitrogen and oxygen atoms in total. The maximum atomic E-state index is 12.4. The van der Waals surface area contributed by atoms with Gasteiger partial charge in [0.05, 0.1) is 15.7 Å². The molecule has 0 unspecified atom stereocenters. The zero-order valence-corrected chi connectivity index (χ0v) is 12.5. The van der Waals surface area contributed by atoms with Crippen LogP contribution in [0.1, 0.15) is 16.8 Å².